The lowest BCUT2D eigenvalue weighted by molar-refractivity contribution is -0.133. The third-order valence-electron chi connectivity index (χ3n) is 4.37. The van der Waals surface area contributed by atoms with Gasteiger partial charge in [-0.1, -0.05) is 30.3 Å². The van der Waals surface area contributed by atoms with Crippen LogP contribution in [0.2, 0.25) is 0 Å². The van der Waals surface area contributed by atoms with E-state index in [9.17, 15) is 23.1 Å². The molecule has 10 heteroatoms. The fourth-order valence-electron chi connectivity index (χ4n) is 2.73. The summed E-state index contributed by atoms with van der Waals surface area (Å²) in [7, 11) is 0. The van der Waals surface area contributed by atoms with E-state index in [4.69, 9.17) is 0 Å². The van der Waals surface area contributed by atoms with Gasteiger partial charge in [-0.2, -0.15) is 8.78 Å². The molecule has 3 N–H and O–H groups in total. The van der Waals surface area contributed by atoms with E-state index in [1.165, 1.54) is 11.3 Å². The van der Waals surface area contributed by atoms with Gasteiger partial charge in [-0.05, 0) is 17.2 Å². The van der Waals surface area contributed by atoms with E-state index in [1.54, 1.807) is 41.3 Å². The third kappa shape index (κ3) is 5.55. The Bertz CT molecular complexity index is 938. The molecule has 30 heavy (non-hydrogen) atoms. The Balaban J connectivity index is 1.63. The number of aliphatic hydroxyl groups is 1. The molecule has 2 heterocycles. The van der Waals surface area contributed by atoms with Gasteiger partial charge in [-0.3, -0.25) is 9.78 Å². The van der Waals surface area contributed by atoms with Crippen molar-refractivity contribution in [2.45, 2.75) is 25.1 Å². The van der Waals surface area contributed by atoms with Crippen molar-refractivity contribution in [3.8, 4) is 11.1 Å². The summed E-state index contributed by atoms with van der Waals surface area (Å²) in [4.78, 5) is 19.6. The number of amides is 1. The molecule has 6 nitrogen and oxygen atoms in total. The number of nitrogens with one attached hydrogen (secondary N) is 2. The van der Waals surface area contributed by atoms with Gasteiger partial charge in [0.1, 0.15) is 18.6 Å². The Labute approximate surface area is 174 Å². The topological polar surface area (TPSA) is 87.1 Å². The van der Waals surface area contributed by atoms with Crippen LogP contribution in [0.1, 0.15) is 17.4 Å². The van der Waals surface area contributed by atoms with Crippen molar-refractivity contribution in [2.24, 2.45) is 0 Å². The maximum atomic E-state index is 13.1. The molecular weight excluding hydrogens is 417 g/mol. The summed E-state index contributed by atoms with van der Waals surface area (Å²) < 4.78 is 37.8. The summed E-state index contributed by atoms with van der Waals surface area (Å²) in [6.07, 6.45) is -3.03. The highest BCUT2D eigenvalue weighted by atomic mass is 32.1. The first-order chi connectivity index (χ1) is 14.5. The summed E-state index contributed by atoms with van der Waals surface area (Å²) in [6.45, 7) is -0.647. The first-order valence-corrected chi connectivity index (χ1v) is 9.92. The van der Waals surface area contributed by atoms with Gasteiger partial charge in [0.25, 0.3) is 5.91 Å². The number of carbonyl (C=O) groups excluding carboxylic acids is 1. The highest BCUT2D eigenvalue weighted by Gasteiger charge is 2.26. The zero-order chi connectivity index (χ0) is 21.5. The normalized spacial score (nSPS) is 13.1. The lowest BCUT2D eigenvalue weighted by atomic mass is 9.99. The second-order valence-corrected chi connectivity index (χ2v) is 7.12. The van der Waals surface area contributed by atoms with E-state index in [1.807, 2.05) is 17.5 Å². The number of nitrogens with zero attached hydrogens (tertiary/aromatic N) is 2. The summed E-state index contributed by atoms with van der Waals surface area (Å²) in [5.41, 5.74) is 4.52. The lowest BCUT2D eigenvalue weighted by Gasteiger charge is -2.22. The molecule has 1 aromatic carbocycles. The molecule has 0 bridgehead atoms. The Hall–Kier alpha value is -2.98. The summed E-state index contributed by atoms with van der Waals surface area (Å²) in [5, 5.41) is 17.1. The van der Waals surface area contributed by atoms with Crippen LogP contribution < -0.4 is 10.6 Å². The quantitative estimate of drug-likeness (QED) is 0.477. The van der Waals surface area contributed by atoms with Gasteiger partial charge in [0, 0.05) is 17.1 Å². The molecule has 3 aromatic rings. The van der Waals surface area contributed by atoms with Crippen LogP contribution in [0.15, 0.2) is 53.5 Å². The number of halogens is 3. The highest BCUT2D eigenvalue weighted by molar-refractivity contribution is 7.07. The van der Waals surface area contributed by atoms with Gasteiger partial charge < -0.3 is 15.7 Å². The van der Waals surface area contributed by atoms with Crippen molar-refractivity contribution in [3.05, 3.63) is 64.7 Å². The number of hydrogen-bond donors (Lipinski definition) is 3. The molecule has 0 unspecified atom stereocenters. The number of thiazole rings is 1. The fraction of sp³-hybridized carbons (Fsp3) is 0.250. The molecule has 0 saturated heterocycles. The van der Waals surface area contributed by atoms with Crippen molar-refractivity contribution < 1.29 is 23.1 Å². The molecule has 0 aliphatic carbocycles. The zero-order valence-electron chi connectivity index (χ0n) is 15.6. The van der Waals surface area contributed by atoms with Crippen LogP contribution >= 0.6 is 11.3 Å². The minimum atomic E-state index is -3.28. The van der Waals surface area contributed by atoms with Crippen LogP contribution in [0.25, 0.3) is 11.1 Å². The van der Waals surface area contributed by atoms with Gasteiger partial charge >= 0.3 is 6.43 Å². The van der Waals surface area contributed by atoms with Crippen molar-refractivity contribution in [2.75, 3.05) is 12.0 Å². The van der Waals surface area contributed by atoms with E-state index in [2.05, 4.69) is 15.3 Å². The average Bonchev–Trinajstić information content (AvgIpc) is 3.29. The van der Waals surface area contributed by atoms with Gasteiger partial charge in [-0.25, -0.2) is 9.37 Å². The maximum absolute atomic E-state index is 13.1. The molecule has 0 saturated carbocycles. The number of benzene rings is 1. The molecule has 0 spiro atoms. The van der Waals surface area contributed by atoms with E-state index < -0.39 is 31.2 Å². The predicted molar refractivity (Wildman–Crippen MR) is 108 cm³/mol. The van der Waals surface area contributed by atoms with E-state index >= 15 is 0 Å². The predicted octanol–water partition coefficient (Wildman–Crippen LogP) is 3.57. The monoisotopic (exact) mass is 436 g/mol. The van der Waals surface area contributed by atoms with E-state index in [-0.39, 0.29) is 0 Å². The molecule has 0 fully saturated rings. The molecular formula is C20H19F3N4O2S. The van der Waals surface area contributed by atoms with E-state index in [0.29, 0.717) is 12.1 Å². The summed E-state index contributed by atoms with van der Waals surface area (Å²) in [5.74, 6) is -0.833. The minimum Gasteiger partial charge on any atom is -0.386 e. The molecule has 0 aliphatic rings. The number of rotatable bonds is 9. The summed E-state index contributed by atoms with van der Waals surface area (Å²) in [6, 6.07) is 8.81. The van der Waals surface area contributed by atoms with Gasteiger partial charge in [-0.15, -0.1) is 11.3 Å². The number of anilines is 1. The number of pyridine rings is 1. The first kappa shape index (κ1) is 21.7. The van der Waals surface area contributed by atoms with Crippen LogP contribution in [0.4, 0.5) is 19.0 Å². The number of carbonyl (C=O) groups is 1. The molecule has 158 valence electrons. The lowest BCUT2D eigenvalue weighted by Crippen LogP contribution is -2.43. The van der Waals surface area contributed by atoms with Gasteiger partial charge in [0.2, 0.25) is 0 Å². The Kier molecular flexibility index (Phi) is 7.36. The zero-order valence-corrected chi connectivity index (χ0v) is 16.5. The molecule has 2 aromatic heterocycles. The van der Waals surface area contributed by atoms with Crippen molar-refractivity contribution >= 4 is 23.1 Å². The number of alkyl halides is 3. The van der Waals surface area contributed by atoms with Crippen LogP contribution in [-0.2, 0) is 11.3 Å². The minimum absolute atomic E-state index is 0.299. The number of hydrogen-bond acceptors (Lipinski definition) is 6. The first-order valence-electron chi connectivity index (χ1n) is 8.98. The van der Waals surface area contributed by atoms with Gasteiger partial charge in [0.05, 0.1) is 23.8 Å². The Morgan fingerprint density at radius 3 is 2.40 bits per heavy atom. The second kappa shape index (κ2) is 10.2. The maximum Gasteiger partial charge on any atom is 0.315 e. The molecule has 3 rings (SSSR count). The largest absolute Gasteiger partial charge is 0.386 e. The van der Waals surface area contributed by atoms with Crippen LogP contribution in [0.5, 0.6) is 0 Å². The van der Waals surface area contributed by atoms with Gasteiger partial charge in [0.15, 0.2) is 0 Å². The molecule has 0 aliphatic heterocycles. The molecule has 2 atom stereocenters. The molecule has 1 amide bonds. The SMILES string of the molecule is O=C(N[C@H](CF)[C@@H](O)c1ccc(-c2ccc(CNc3cscn3)nc2)cc1)C(F)F. The van der Waals surface area contributed by atoms with Crippen LogP contribution in [-0.4, -0.2) is 40.1 Å². The van der Waals surface area contributed by atoms with Crippen molar-refractivity contribution in [1.29, 1.82) is 0 Å². The summed E-state index contributed by atoms with van der Waals surface area (Å²) >= 11 is 1.50. The Morgan fingerprint density at radius 1 is 1.10 bits per heavy atom. The van der Waals surface area contributed by atoms with Crippen molar-refractivity contribution in [1.82, 2.24) is 15.3 Å². The van der Waals surface area contributed by atoms with Crippen molar-refractivity contribution in [3.63, 3.8) is 0 Å². The van der Waals surface area contributed by atoms with Crippen LogP contribution in [0, 0.1) is 0 Å². The molecule has 0 radical (unpaired) electrons. The number of aromatic nitrogens is 2. The van der Waals surface area contributed by atoms with E-state index in [0.717, 1.165) is 22.6 Å². The smallest absolute Gasteiger partial charge is 0.315 e. The average molecular weight is 436 g/mol. The number of aliphatic hydroxyl groups excluding tert-OH is 1. The Morgan fingerprint density at radius 2 is 1.83 bits per heavy atom. The van der Waals surface area contributed by atoms with Crippen LogP contribution in [0.3, 0.4) is 0 Å². The standard InChI is InChI=1S/C20H19F3N4O2S/c21-7-16(27-20(29)19(22)23)18(28)13-3-1-12(2-4-13)14-5-6-15(24-8-14)9-25-17-10-30-11-26-17/h1-6,8,10-11,16,18-19,25,28H,7,9H2,(H,27,29)/t16-,18+/m1/s1. The third-order valence-corrected chi connectivity index (χ3v) is 4.95. The fourth-order valence-corrected chi connectivity index (χ4v) is 3.24. The second-order valence-electron chi connectivity index (χ2n) is 6.40. The highest BCUT2D eigenvalue weighted by Crippen LogP contribution is 2.24.